The summed E-state index contributed by atoms with van der Waals surface area (Å²) in [6.07, 6.45) is 0.177. The van der Waals surface area contributed by atoms with E-state index in [-0.39, 0.29) is 31.1 Å². The smallest absolute Gasteiger partial charge is 0.310 e. The minimum atomic E-state index is -0.419. The maximum Gasteiger partial charge on any atom is 0.310 e. The van der Waals surface area contributed by atoms with Crippen LogP contribution in [-0.2, 0) is 16.0 Å². The number of hydrogen-bond donors (Lipinski definition) is 0. The molecule has 0 bridgehead atoms. The Balaban J connectivity index is 3.06. The Labute approximate surface area is 116 Å². The number of halogens is 1. The van der Waals surface area contributed by atoms with Gasteiger partial charge in [-0.05, 0) is 30.7 Å². The summed E-state index contributed by atoms with van der Waals surface area (Å²) in [5.74, 6) is -0.339. The van der Waals surface area contributed by atoms with Crippen molar-refractivity contribution >= 4 is 23.4 Å². The summed E-state index contributed by atoms with van der Waals surface area (Å²) < 4.78 is 4.85. The topological polar surface area (TPSA) is 67.2 Å². The second-order valence-electron chi connectivity index (χ2n) is 3.83. The highest BCUT2D eigenvalue weighted by molar-refractivity contribution is 6.19. The summed E-state index contributed by atoms with van der Waals surface area (Å²) in [6.45, 7) is 1.99. The van der Waals surface area contributed by atoms with Crippen LogP contribution >= 0.6 is 11.6 Å². The monoisotopic (exact) mass is 279 g/mol. The molecule has 4 nitrogen and oxygen atoms in total. The van der Waals surface area contributed by atoms with Gasteiger partial charge in [-0.3, -0.25) is 9.59 Å². The number of ketones is 1. The van der Waals surface area contributed by atoms with E-state index in [2.05, 4.69) is 0 Å². The summed E-state index contributed by atoms with van der Waals surface area (Å²) in [5.41, 5.74) is 1.34. The first-order valence-electron chi connectivity index (χ1n) is 5.90. The average molecular weight is 280 g/mol. The van der Waals surface area contributed by atoms with Gasteiger partial charge in [-0.2, -0.15) is 5.26 Å². The number of carbonyl (C=O) groups is 2. The molecule has 100 valence electrons. The molecule has 0 aliphatic carbocycles. The highest BCUT2D eigenvalue weighted by Gasteiger charge is 2.15. The third kappa shape index (κ3) is 4.38. The Morgan fingerprint density at radius 3 is 2.74 bits per heavy atom. The molecule has 1 aromatic rings. The summed E-state index contributed by atoms with van der Waals surface area (Å²) in [4.78, 5) is 23.4. The lowest BCUT2D eigenvalue weighted by atomic mass is 9.97. The minimum Gasteiger partial charge on any atom is -0.466 e. The number of benzene rings is 1. The van der Waals surface area contributed by atoms with Crippen molar-refractivity contribution in [1.82, 2.24) is 0 Å². The van der Waals surface area contributed by atoms with Crippen molar-refractivity contribution < 1.29 is 14.3 Å². The van der Waals surface area contributed by atoms with E-state index in [4.69, 9.17) is 21.6 Å². The van der Waals surface area contributed by atoms with E-state index < -0.39 is 5.97 Å². The standard InChI is InChI=1S/C14H14ClNO3/c1-2-19-14(18)8-11-7-10(9-16)3-4-12(11)13(17)5-6-15/h3-4,7H,2,5-6,8H2,1H3. The minimum absolute atomic E-state index is 0.0211. The van der Waals surface area contributed by atoms with Crippen LogP contribution in [0.25, 0.3) is 0 Å². The van der Waals surface area contributed by atoms with Crippen molar-refractivity contribution in [1.29, 1.82) is 5.26 Å². The fraction of sp³-hybridized carbons (Fsp3) is 0.357. The zero-order valence-corrected chi connectivity index (χ0v) is 11.4. The average Bonchev–Trinajstić information content (AvgIpc) is 2.39. The number of ether oxygens (including phenoxy) is 1. The fourth-order valence-corrected chi connectivity index (χ4v) is 1.84. The van der Waals surface area contributed by atoms with Crippen LogP contribution in [0.4, 0.5) is 0 Å². The van der Waals surface area contributed by atoms with Crippen molar-refractivity contribution in [3.8, 4) is 6.07 Å². The number of nitriles is 1. The van der Waals surface area contributed by atoms with Gasteiger partial charge >= 0.3 is 5.97 Å². The molecular formula is C14H14ClNO3. The first kappa shape index (κ1) is 15.2. The molecule has 19 heavy (non-hydrogen) atoms. The lowest BCUT2D eigenvalue weighted by molar-refractivity contribution is -0.142. The van der Waals surface area contributed by atoms with Gasteiger partial charge in [0, 0.05) is 17.9 Å². The largest absolute Gasteiger partial charge is 0.466 e. The molecule has 0 radical (unpaired) electrons. The third-order valence-electron chi connectivity index (χ3n) is 2.50. The van der Waals surface area contributed by atoms with E-state index in [1.165, 1.54) is 0 Å². The zero-order valence-electron chi connectivity index (χ0n) is 10.6. The molecule has 0 amide bonds. The van der Waals surface area contributed by atoms with Crippen LogP contribution in [0.2, 0.25) is 0 Å². The Hall–Kier alpha value is -1.86. The van der Waals surface area contributed by atoms with Crippen LogP contribution in [-0.4, -0.2) is 24.2 Å². The molecule has 5 heteroatoms. The van der Waals surface area contributed by atoms with Crippen molar-refractivity contribution in [2.75, 3.05) is 12.5 Å². The van der Waals surface area contributed by atoms with E-state index in [0.717, 1.165) is 0 Å². The van der Waals surface area contributed by atoms with Crippen LogP contribution in [0.3, 0.4) is 0 Å². The molecular weight excluding hydrogens is 266 g/mol. The molecule has 1 aromatic carbocycles. The summed E-state index contributed by atoms with van der Waals surface area (Å²) >= 11 is 5.55. The van der Waals surface area contributed by atoms with Crippen LogP contribution < -0.4 is 0 Å². The zero-order chi connectivity index (χ0) is 14.3. The van der Waals surface area contributed by atoms with Gasteiger partial charge < -0.3 is 4.74 Å². The number of rotatable bonds is 6. The first-order valence-corrected chi connectivity index (χ1v) is 6.43. The van der Waals surface area contributed by atoms with E-state index in [1.54, 1.807) is 25.1 Å². The van der Waals surface area contributed by atoms with Crippen LogP contribution in [0.1, 0.15) is 34.8 Å². The van der Waals surface area contributed by atoms with E-state index in [1.807, 2.05) is 6.07 Å². The number of hydrogen-bond acceptors (Lipinski definition) is 4. The van der Waals surface area contributed by atoms with Gasteiger partial charge in [0.15, 0.2) is 5.78 Å². The Kier molecular flexibility index (Phi) is 6.04. The fourth-order valence-electron chi connectivity index (χ4n) is 1.67. The van der Waals surface area contributed by atoms with Gasteiger partial charge in [0.1, 0.15) is 0 Å². The number of nitrogens with zero attached hydrogens (tertiary/aromatic N) is 1. The molecule has 1 rings (SSSR count). The normalized spacial score (nSPS) is 9.74. The van der Waals surface area contributed by atoms with E-state index in [0.29, 0.717) is 16.7 Å². The quantitative estimate of drug-likeness (QED) is 0.456. The molecule has 0 fully saturated rings. The molecule has 0 aliphatic rings. The summed E-state index contributed by atoms with van der Waals surface area (Å²) in [6, 6.07) is 6.63. The summed E-state index contributed by atoms with van der Waals surface area (Å²) in [7, 11) is 0. The van der Waals surface area contributed by atoms with Gasteiger partial charge in [-0.15, -0.1) is 11.6 Å². The lowest BCUT2D eigenvalue weighted by Crippen LogP contribution is -2.12. The van der Waals surface area contributed by atoms with Gasteiger partial charge in [0.05, 0.1) is 24.7 Å². The molecule has 0 unspecified atom stereocenters. The molecule has 0 N–H and O–H groups in total. The molecule has 0 aliphatic heterocycles. The van der Waals surface area contributed by atoms with Crippen molar-refractivity contribution in [2.24, 2.45) is 0 Å². The predicted octanol–water partition coefficient (Wildman–Crippen LogP) is 2.48. The molecule has 0 saturated carbocycles. The molecule has 0 heterocycles. The lowest BCUT2D eigenvalue weighted by Gasteiger charge is -2.08. The van der Waals surface area contributed by atoms with Gasteiger partial charge in [0.25, 0.3) is 0 Å². The molecule has 0 saturated heterocycles. The number of Topliss-reactive ketones (excluding diaryl/α,β-unsaturated/α-hetero) is 1. The Morgan fingerprint density at radius 2 is 2.16 bits per heavy atom. The predicted molar refractivity (Wildman–Crippen MR) is 71.2 cm³/mol. The van der Waals surface area contributed by atoms with Gasteiger partial charge in [-0.25, -0.2) is 0 Å². The Morgan fingerprint density at radius 1 is 1.42 bits per heavy atom. The second-order valence-corrected chi connectivity index (χ2v) is 4.21. The first-order chi connectivity index (χ1) is 9.12. The van der Waals surface area contributed by atoms with Crippen LogP contribution in [0.15, 0.2) is 18.2 Å². The highest BCUT2D eigenvalue weighted by Crippen LogP contribution is 2.16. The van der Waals surface area contributed by atoms with Crippen LogP contribution in [0, 0.1) is 11.3 Å². The van der Waals surface area contributed by atoms with Crippen molar-refractivity contribution in [2.45, 2.75) is 19.8 Å². The van der Waals surface area contributed by atoms with E-state index >= 15 is 0 Å². The molecule has 0 atom stereocenters. The third-order valence-corrected chi connectivity index (χ3v) is 2.69. The van der Waals surface area contributed by atoms with Crippen molar-refractivity contribution in [3.05, 3.63) is 34.9 Å². The highest BCUT2D eigenvalue weighted by atomic mass is 35.5. The maximum atomic E-state index is 11.9. The second kappa shape index (κ2) is 7.55. The van der Waals surface area contributed by atoms with Gasteiger partial charge in [-0.1, -0.05) is 0 Å². The van der Waals surface area contributed by atoms with E-state index in [9.17, 15) is 9.59 Å². The Bertz CT molecular complexity index is 520. The number of esters is 1. The van der Waals surface area contributed by atoms with Crippen LogP contribution in [0.5, 0.6) is 0 Å². The number of carbonyl (C=O) groups excluding carboxylic acids is 2. The maximum absolute atomic E-state index is 11.9. The molecule has 0 aromatic heterocycles. The number of alkyl halides is 1. The van der Waals surface area contributed by atoms with Crippen molar-refractivity contribution in [3.63, 3.8) is 0 Å². The SMILES string of the molecule is CCOC(=O)Cc1cc(C#N)ccc1C(=O)CCCl. The molecule has 0 spiro atoms. The summed E-state index contributed by atoms with van der Waals surface area (Å²) in [5, 5.41) is 8.86. The van der Waals surface area contributed by atoms with Gasteiger partial charge in [0.2, 0.25) is 0 Å².